The monoisotopic (exact) mass is 255 g/mol. The number of para-hydroxylation sites is 1. The minimum atomic E-state index is -0.151. The fourth-order valence-electron chi connectivity index (χ4n) is 2.07. The average molecular weight is 255 g/mol. The Balaban J connectivity index is 2.06. The average Bonchev–Trinajstić information content (AvgIpc) is 2.77. The maximum absolute atomic E-state index is 12.2. The van der Waals surface area contributed by atoms with Gasteiger partial charge in [0, 0.05) is 11.8 Å². The zero-order valence-electron chi connectivity index (χ0n) is 10.5. The van der Waals surface area contributed by atoms with Gasteiger partial charge in [-0.3, -0.25) is 4.40 Å². The number of methoxy groups -OCH3 is 1. The first-order valence-corrected chi connectivity index (χ1v) is 5.95. The molecule has 0 fully saturated rings. The molecule has 2 aromatic heterocycles. The fourth-order valence-corrected chi connectivity index (χ4v) is 2.07. The zero-order valence-corrected chi connectivity index (χ0v) is 10.5. The van der Waals surface area contributed by atoms with E-state index >= 15 is 0 Å². The van der Waals surface area contributed by atoms with Gasteiger partial charge in [-0.25, -0.2) is 9.48 Å². The summed E-state index contributed by atoms with van der Waals surface area (Å²) in [5, 5.41) is 4.29. The molecule has 3 rings (SSSR count). The number of nitrogens with zero attached hydrogens (tertiary/aromatic N) is 3. The molecule has 0 unspecified atom stereocenters. The van der Waals surface area contributed by atoms with Crippen molar-refractivity contribution in [2.75, 3.05) is 7.11 Å². The van der Waals surface area contributed by atoms with Gasteiger partial charge in [0.05, 0.1) is 13.7 Å². The lowest BCUT2D eigenvalue weighted by molar-refractivity contribution is 0.407. The third-order valence-corrected chi connectivity index (χ3v) is 3.00. The molecule has 0 radical (unpaired) electrons. The fraction of sp³-hybridized carbons (Fsp3) is 0.143. The summed E-state index contributed by atoms with van der Waals surface area (Å²) in [5.74, 6) is 0.756. The second-order valence-electron chi connectivity index (χ2n) is 4.18. The molecule has 0 aliphatic heterocycles. The van der Waals surface area contributed by atoms with Gasteiger partial charge in [-0.2, -0.15) is 0 Å². The van der Waals surface area contributed by atoms with Gasteiger partial charge in [-0.15, -0.1) is 5.10 Å². The van der Waals surface area contributed by atoms with Crippen LogP contribution >= 0.6 is 0 Å². The summed E-state index contributed by atoms with van der Waals surface area (Å²) >= 11 is 0. The summed E-state index contributed by atoms with van der Waals surface area (Å²) in [6.45, 7) is 0.393. The summed E-state index contributed by atoms with van der Waals surface area (Å²) in [5.41, 5.74) is 1.42. The van der Waals surface area contributed by atoms with Crippen molar-refractivity contribution < 1.29 is 4.74 Å². The Morgan fingerprint density at radius 3 is 2.74 bits per heavy atom. The van der Waals surface area contributed by atoms with Crippen molar-refractivity contribution in [2.45, 2.75) is 6.54 Å². The number of ether oxygens (including phenoxy) is 1. The Labute approximate surface area is 109 Å². The topological polar surface area (TPSA) is 48.5 Å². The Hall–Kier alpha value is -2.56. The van der Waals surface area contributed by atoms with Crippen LogP contribution in [0, 0.1) is 0 Å². The molecule has 0 aliphatic rings. The van der Waals surface area contributed by atoms with Crippen molar-refractivity contribution in [1.29, 1.82) is 0 Å². The first-order valence-electron chi connectivity index (χ1n) is 5.95. The first-order chi connectivity index (χ1) is 9.29. The van der Waals surface area contributed by atoms with Crippen LogP contribution in [0.15, 0.2) is 53.5 Å². The number of hydrogen-bond donors (Lipinski definition) is 0. The molecule has 0 saturated heterocycles. The predicted octanol–water partition coefficient (Wildman–Crippen LogP) is 1.55. The van der Waals surface area contributed by atoms with E-state index in [0.717, 1.165) is 11.3 Å². The van der Waals surface area contributed by atoms with Gasteiger partial charge in [-0.1, -0.05) is 24.3 Å². The van der Waals surface area contributed by atoms with Gasteiger partial charge in [0.2, 0.25) is 0 Å². The van der Waals surface area contributed by atoms with E-state index in [9.17, 15) is 4.79 Å². The molecule has 0 saturated carbocycles. The smallest absolute Gasteiger partial charge is 0.350 e. The second-order valence-corrected chi connectivity index (χ2v) is 4.18. The van der Waals surface area contributed by atoms with Crippen LogP contribution in [-0.4, -0.2) is 21.3 Å². The van der Waals surface area contributed by atoms with E-state index in [2.05, 4.69) is 5.10 Å². The molecule has 0 bridgehead atoms. The Morgan fingerprint density at radius 1 is 1.16 bits per heavy atom. The minimum Gasteiger partial charge on any atom is -0.496 e. The SMILES string of the molecule is COc1ccccc1Cn1nc2ccccn2c1=O. The van der Waals surface area contributed by atoms with Crippen molar-refractivity contribution in [3.05, 3.63) is 64.7 Å². The summed E-state index contributed by atoms with van der Waals surface area (Å²) in [6, 6.07) is 13.1. The summed E-state index contributed by atoms with van der Waals surface area (Å²) in [7, 11) is 1.62. The van der Waals surface area contributed by atoms with E-state index in [1.54, 1.807) is 19.4 Å². The maximum atomic E-state index is 12.2. The van der Waals surface area contributed by atoms with E-state index < -0.39 is 0 Å². The third kappa shape index (κ3) is 1.99. The van der Waals surface area contributed by atoms with Gasteiger partial charge in [-0.05, 0) is 18.2 Å². The molecular formula is C14H13N3O2. The van der Waals surface area contributed by atoms with Crippen molar-refractivity contribution in [2.24, 2.45) is 0 Å². The van der Waals surface area contributed by atoms with Gasteiger partial charge in [0.15, 0.2) is 5.65 Å². The molecule has 1 aromatic carbocycles. The van der Waals surface area contributed by atoms with E-state index in [1.807, 2.05) is 36.4 Å². The first kappa shape index (κ1) is 11.5. The van der Waals surface area contributed by atoms with Gasteiger partial charge < -0.3 is 4.74 Å². The van der Waals surface area contributed by atoms with Crippen LogP contribution in [0.3, 0.4) is 0 Å². The molecule has 5 heteroatoms. The van der Waals surface area contributed by atoms with Gasteiger partial charge in [0.1, 0.15) is 5.75 Å². The highest BCUT2D eigenvalue weighted by Crippen LogP contribution is 2.17. The van der Waals surface area contributed by atoms with E-state index in [-0.39, 0.29) is 5.69 Å². The molecule has 5 nitrogen and oxygen atoms in total. The van der Waals surface area contributed by atoms with Crippen LogP contribution in [0.25, 0.3) is 5.65 Å². The zero-order chi connectivity index (χ0) is 13.2. The molecule has 0 N–H and O–H groups in total. The minimum absolute atomic E-state index is 0.151. The largest absolute Gasteiger partial charge is 0.496 e. The standard InChI is InChI=1S/C14H13N3O2/c1-19-12-7-3-2-6-11(12)10-17-14(18)16-9-5-4-8-13(16)15-17/h2-9H,10H2,1H3. The highest BCUT2D eigenvalue weighted by molar-refractivity contribution is 5.37. The molecule has 0 atom stereocenters. The van der Waals surface area contributed by atoms with Crippen molar-refractivity contribution in [3.8, 4) is 5.75 Å². The normalized spacial score (nSPS) is 10.8. The Bertz CT molecular complexity index is 773. The quantitative estimate of drug-likeness (QED) is 0.713. The Kier molecular flexibility index (Phi) is 2.79. The lowest BCUT2D eigenvalue weighted by Crippen LogP contribution is -2.21. The van der Waals surface area contributed by atoms with E-state index in [0.29, 0.717) is 12.2 Å². The molecule has 0 spiro atoms. The predicted molar refractivity (Wildman–Crippen MR) is 71.5 cm³/mol. The van der Waals surface area contributed by atoms with Crippen LogP contribution in [0.1, 0.15) is 5.56 Å². The number of fused-ring (bicyclic) bond motifs is 1. The van der Waals surface area contributed by atoms with Crippen LogP contribution < -0.4 is 10.4 Å². The summed E-state index contributed by atoms with van der Waals surface area (Å²) < 4.78 is 8.24. The molecule has 19 heavy (non-hydrogen) atoms. The lowest BCUT2D eigenvalue weighted by Gasteiger charge is -2.06. The summed E-state index contributed by atoms with van der Waals surface area (Å²) in [4.78, 5) is 12.2. The number of rotatable bonds is 3. The highest BCUT2D eigenvalue weighted by Gasteiger charge is 2.08. The van der Waals surface area contributed by atoms with Crippen LogP contribution in [0.4, 0.5) is 0 Å². The van der Waals surface area contributed by atoms with Crippen molar-refractivity contribution in [1.82, 2.24) is 14.2 Å². The molecule has 0 amide bonds. The number of hydrogen-bond acceptors (Lipinski definition) is 3. The maximum Gasteiger partial charge on any atom is 0.350 e. The molecule has 0 aliphatic carbocycles. The second kappa shape index (κ2) is 4.61. The third-order valence-electron chi connectivity index (χ3n) is 3.00. The van der Waals surface area contributed by atoms with Crippen LogP contribution in [0.2, 0.25) is 0 Å². The van der Waals surface area contributed by atoms with Crippen LogP contribution in [0.5, 0.6) is 5.75 Å². The highest BCUT2D eigenvalue weighted by atomic mass is 16.5. The number of aromatic nitrogens is 3. The molecule has 96 valence electrons. The van der Waals surface area contributed by atoms with Crippen LogP contribution in [-0.2, 0) is 6.54 Å². The molecule has 3 aromatic rings. The van der Waals surface area contributed by atoms with E-state index in [1.165, 1.54) is 9.08 Å². The molecule has 2 heterocycles. The van der Waals surface area contributed by atoms with Gasteiger partial charge >= 0.3 is 5.69 Å². The van der Waals surface area contributed by atoms with Crippen molar-refractivity contribution >= 4 is 5.65 Å². The summed E-state index contributed by atoms with van der Waals surface area (Å²) in [6.07, 6.45) is 1.71. The molecular weight excluding hydrogens is 242 g/mol. The van der Waals surface area contributed by atoms with Crippen molar-refractivity contribution in [3.63, 3.8) is 0 Å². The lowest BCUT2D eigenvalue weighted by atomic mass is 10.2. The van der Waals surface area contributed by atoms with E-state index in [4.69, 9.17) is 4.74 Å². The number of benzene rings is 1. The van der Waals surface area contributed by atoms with Gasteiger partial charge in [0.25, 0.3) is 0 Å². The Morgan fingerprint density at radius 2 is 1.95 bits per heavy atom. The number of pyridine rings is 1.